The molecular formula is C25H37N. The summed E-state index contributed by atoms with van der Waals surface area (Å²) in [7, 11) is 0. The highest BCUT2D eigenvalue weighted by Gasteiger charge is 2.20. The summed E-state index contributed by atoms with van der Waals surface area (Å²) in [5.41, 5.74) is 3.01. The predicted octanol–water partition coefficient (Wildman–Crippen LogP) is 7.41. The molecule has 1 aromatic carbocycles. The molecule has 2 rings (SSSR count). The number of hydrogen-bond acceptors (Lipinski definition) is 1. The van der Waals surface area contributed by atoms with Gasteiger partial charge in [0.25, 0.3) is 0 Å². The molecule has 0 bridgehead atoms. The lowest BCUT2D eigenvalue weighted by molar-refractivity contribution is 0.250. The Balaban J connectivity index is 1.54. The summed E-state index contributed by atoms with van der Waals surface area (Å²) in [6.45, 7) is 2.26. The first-order chi connectivity index (χ1) is 12.8. The molecule has 142 valence electrons. The molecule has 0 unspecified atom stereocenters. The van der Waals surface area contributed by atoms with Crippen molar-refractivity contribution >= 4 is 0 Å². The van der Waals surface area contributed by atoms with Gasteiger partial charge in [-0.1, -0.05) is 82.2 Å². The van der Waals surface area contributed by atoms with Crippen LogP contribution in [0.25, 0.3) is 0 Å². The number of hydrogen-bond donors (Lipinski definition) is 0. The van der Waals surface area contributed by atoms with Gasteiger partial charge < -0.3 is 0 Å². The number of aryl methyl sites for hydroxylation is 2. The van der Waals surface area contributed by atoms with E-state index in [1.807, 2.05) is 6.08 Å². The molecule has 0 heterocycles. The van der Waals surface area contributed by atoms with Gasteiger partial charge in [0.05, 0.1) is 6.07 Å². The maximum atomic E-state index is 8.52. The van der Waals surface area contributed by atoms with Gasteiger partial charge in [-0.25, -0.2) is 0 Å². The van der Waals surface area contributed by atoms with Crippen LogP contribution in [0.1, 0.15) is 88.7 Å². The number of allylic oxidation sites excluding steroid dienone is 2. The Hall–Kier alpha value is -1.55. The van der Waals surface area contributed by atoms with Crippen molar-refractivity contribution in [2.45, 2.75) is 90.4 Å². The van der Waals surface area contributed by atoms with E-state index in [-0.39, 0.29) is 0 Å². The molecule has 1 saturated carbocycles. The van der Waals surface area contributed by atoms with Gasteiger partial charge in [0.2, 0.25) is 0 Å². The Morgan fingerprint density at radius 2 is 1.46 bits per heavy atom. The van der Waals surface area contributed by atoms with Gasteiger partial charge in [-0.2, -0.15) is 5.26 Å². The second-order valence-electron chi connectivity index (χ2n) is 8.16. The molecule has 0 amide bonds. The lowest BCUT2D eigenvalue weighted by Gasteiger charge is -2.28. The van der Waals surface area contributed by atoms with Crippen molar-refractivity contribution in [3.63, 3.8) is 0 Å². The van der Waals surface area contributed by atoms with Crippen molar-refractivity contribution in [2.75, 3.05) is 0 Å². The maximum absolute atomic E-state index is 8.52. The summed E-state index contributed by atoms with van der Waals surface area (Å²) in [4.78, 5) is 0. The van der Waals surface area contributed by atoms with Crippen molar-refractivity contribution in [1.82, 2.24) is 0 Å². The SMILES string of the molecule is CCCCc1ccc(CCCC[C@H]2CC[C@H](CC/C=C/C#N)CC2)cc1. The first-order valence-corrected chi connectivity index (χ1v) is 10.9. The van der Waals surface area contributed by atoms with E-state index in [2.05, 4.69) is 37.3 Å². The van der Waals surface area contributed by atoms with Crippen molar-refractivity contribution in [3.05, 3.63) is 47.5 Å². The quantitative estimate of drug-likeness (QED) is 0.301. The zero-order valence-corrected chi connectivity index (χ0v) is 16.8. The smallest absolute Gasteiger partial charge is 0.0908 e. The van der Waals surface area contributed by atoms with Gasteiger partial charge in [0, 0.05) is 6.08 Å². The van der Waals surface area contributed by atoms with Gasteiger partial charge in [-0.05, 0) is 61.5 Å². The van der Waals surface area contributed by atoms with E-state index in [4.69, 9.17) is 5.26 Å². The van der Waals surface area contributed by atoms with Gasteiger partial charge in [-0.15, -0.1) is 0 Å². The third-order valence-corrected chi connectivity index (χ3v) is 6.07. The number of unbranched alkanes of at least 4 members (excludes halogenated alkanes) is 2. The minimum absolute atomic E-state index is 0.904. The lowest BCUT2D eigenvalue weighted by Crippen LogP contribution is -2.14. The first kappa shape index (κ1) is 20.8. The number of rotatable bonds is 11. The van der Waals surface area contributed by atoms with E-state index < -0.39 is 0 Å². The predicted molar refractivity (Wildman–Crippen MR) is 112 cm³/mol. The fourth-order valence-electron chi connectivity index (χ4n) is 4.29. The molecule has 0 aliphatic heterocycles. The van der Waals surface area contributed by atoms with Crippen LogP contribution in [0.5, 0.6) is 0 Å². The molecule has 0 radical (unpaired) electrons. The molecule has 0 saturated heterocycles. The minimum Gasteiger partial charge on any atom is -0.193 e. The van der Waals surface area contributed by atoms with Gasteiger partial charge in [-0.3, -0.25) is 0 Å². The molecule has 1 nitrogen and oxygen atoms in total. The maximum Gasteiger partial charge on any atom is 0.0908 e. The number of nitriles is 1. The van der Waals surface area contributed by atoms with Crippen LogP contribution in [0, 0.1) is 23.2 Å². The van der Waals surface area contributed by atoms with Gasteiger partial charge in [0.15, 0.2) is 0 Å². The Bertz CT molecular complexity index is 541. The number of benzene rings is 1. The third kappa shape index (κ3) is 8.22. The molecule has 0 spiro atoms. The van der Waals surface area contributed by atoms with Crippen molar-refractivity contribution in [1.29, 1.82) is 5.26 Å². The molecule has 0 aromatic heterocycles. The molecule has 1 aliphatic rings. The number of nitrogens with zero attached hydrogens (tertiary/aromatic N) is 1. The van der Waals surface area contributed by atoms with Crippen LogP contribution in [0.2, 0.25) is 0 Å². The first-order valence-electron chi connectivity index (χ1n) is 10.9. The minimum atomic E-state index is 0.904. The summed E-state index contributed by atoms with van der Waals surface area (Å²) in [5.74, 6) is 1.87. The Labute approximate surface area is 161 Å². The van der Waals surface area contributed by atoms with Gasteiger partial charge >= 0.3 is 0 Å². The van der Waals surface area contributed by atoms with E-state index in [1.54, 1.807) is 6.08 Å². The van der Waals surface area contributed by atoms with Crippen LogP contribution in [-0.4, -0.2) is 0 Å². The fraction of sp³-hybridized carbons (Fsp3) is 0.640. The monoisotopic (exact) mass is 351 g/mol. The van der Waals surface area contributed by atoms with E-state index in [9.17, 15) is 0 Å². The highest BCUT2D eigenvalue weighted by molar-refractivity contribution is 5.22. The van der Waals surface area contributed by atoms with Crippen LogP contribution in [0.3, 0.4) is 0 Å². The van der Waals surface area contributed by atoms with Crippen LogP contribution in [0.15, 0.2) is 36.4 Å². The highest BCUT2D eigenvalue weighted by Crippen LogP contribution is 2.34. The standard InChI is InChI=1S/C25H37N/c1-2-3-9-22-13-15-24(16-14-22)11-6-7-12-25-19-17-23(18-20-25)10-5-4-8-21-26/h4,8,13-16,23,25H,2-3,5-7,9-12,17-20H2,1H3/b8-4+/t23-,25-. The zero-order valence-electron chi connectivity index (χ0n) is 16.8. The molecule has 1 fully saturated rings. The summed E-state index contributed by atoms with van der Waals surface area (Å²) < 4.78 is 0. The van der Waals surface area contributed by atoms with Crippen LogP contribution < -0.4 is 0 Å². The van der Waals surface area contributed by atoms with Crippen molar-refractivity contribution < 1.29 is 0 Å². The summed E-state index contributed by atoms with van der Waals surface area (Å²) >= 11 is 0. The molecule has 1 heteroatoms. The van der Waals surface area contributed by atoms with Crippen LogP contribution >= 0.6 is 0 Å². The molecule has 0 N–H and O–H groups in total. The Kier molecular flexibility index (Phi) is 10.2. The largest absolute Gasteiger partial charge is 0.193 e. The average molecular weight is 352 g/mol. The topological polar surface area (TPSA) is 23.8 Å². The molecular weight excluding hydrogens is 314 g/mol. The van der Waals surface area contributed by atoms with Crippen molar-refractivity contribution in [3.8, 4) is 6.07 Å². The summed E-state index contributed by atoms with van der Waals surface area (Å²) in [5, 5.41) is 8.52. The normalized spacial score (nSPS) is 20.3. The van der Waals surface area contributed by atoms with Gasteiger partial charge in [0.1, 0.15) is 0 Å². The molecule has 26 heavy (non-hydrogen) atoms. The van der Waals surface area contributed by atoms with E-state index in [0.29, 0.717) is 0 Å². The molecule has 0 atom stereocenters. The average Bonchev–Trinajstić information content (AvgIpc) is 2.69. The summed E-state index contributed by atoms with van der Waals surface area (Å²) in [6, 6.07) is 11.4. The lowest BCUT2D eigenvalue weighted by atomic mass is 9.78. The second-order valence-corrected chi connectivity index (χ2v) is 8.16. The summed E-state index contributed by atoms with van der Waals surface area (Å²) in [6.07, 6.45) is 20.9. The highest BCUT2D eigenvalue weighted by atomic mass is 14.3. The molecule has 1 aromatic rings. The van der Waals surface area contributed by atoms with Crippen LogP contribution in [0.4, 0.5) is 0 Å². The second kappa shape index (κ2) is 12.7. The Morgan fingerprint density at radius 1 is 0.885 bits per heavy atom. The van der Waals surface area contributed by atoms with E-state index >= 15 is 0 Å². The Morgan fingerprint density at radius 3 is 2.04 bits per heavy atom. The van der Waals surface area contributed by atoms with E-state index in [1.165, 1.54) is 88.2 Å². The van der Waals surface area contributed by atoms with Crippen molar-refractivity contribution in [2.24, 2.45) is 11.8 Å². The third-order valence-electron chi connectivity index (χ3n) is 6.07. The fourth-order valence-corrected chi connectivity index (χ4v) is 4.29. The van der Waals surface area contributed by atoms with Crippen LogP contribution in [-0.2, 0) is 12.8 Å². The van der Waals surface area contributed by atoms with E-state index in [0.717, 1.165) is 18.3 Å². The zero-order chi connectivity index (χ0) is 18.5. The molecule has 1 aliphatic carbocycles.